The first kappa shape index (κ1) is 23.7. The zero-order valence-electron chi connectivity index (χ0n) is 18.4. The molecular formula is C26H29NO4S. The minimum absolute atomic E-state index is 0.259. The molecule has 5 nitrogen and oxygen atoms in total. The van der Waals surface area contributed by atoms with Gasteiger partial charge >= 0.3 is 5.97 Å². The first-order chi connectivity index (χ1) is 15.3. The number of nitrogens with one attached hydrogen (secondary N) is 1. The van der Waals surface area contributed by atoms with Gasteiger partial charge in [-0.15, -0.1) is 0 Å². The molecule has 0 spiro atoms. The van der Waals surface area contributed by atoms with Gasteiger partial charge in [-0.25, -0.2) is 17.9 Å². The molecule has 0 aliphatic heterocycles. The molecule has 2 N–H and O–H groups in total. The molecule has 6 heteroatoms. The number of fused-ring (bicyclic) bond motifs is 1. The maximum atomic E-state index is 12.2. The molecule has 0 heterocycles. The molecular weight excluding hydrogens is 422 g/mol. The summed E-state index contributed by atoms with van der Waals surface area (Å²) in [7, 11) is -3.48. The Balaban J connectivity index is 1.59. The van der Waals surface area contributed by atoms with Crippen molar-refractivity contribution >= 4 is 16.0 Å². The third kappa shape index (κ3) is 5.84. The van der Waals surface area contributed by atoms with Crippen LogP contribution in [0, 0.1) is 0 Å². The van der Waals surface area contributed by atoms with E-state index < -0.39 is 16.0 Å². The lowest BCUT2D eigenvalue weighted by Crippen LogP contribution is -2.24. The fourth-order valence-electron chi connectivity index (χ4n) is 3.64. The van der Waals surface area contributed by atoms with Crippen LogP contribution in [0.4, 0.5) is 0 Å². The Labute approximate surface area is 190 Å². The summed E-state index contributed by atoms with van der Waals surface area (Å²) in [6.07, 6.45) is 6.02. The molecule has 0 saturated carbocycles. The van der Waals surface area contributed by atoms with Crippen molar-refractivity contribution in [1.29, 1.82) is 0 Å². The predicted molar refractivity (Wildman–Crippen MR) is 128 cm³/mol. The van der Waals surface area contributed by atoms with Crippen LogP contribution >= 0.6 is 0 Å². The van der Waals surface area contributed by atoms with Crippen molar-refractivity contribution in [2.75, 3.05) is 6.54 Å². The van der Waals surface area contributed by atoms with Gasteiger partial charge in [-0.1, -0.05) is 68.5 Å². The molecule has 0 fully saturated rings. The minimum Gasteiger partial charge on any atom is -0.478 e. The monoisotopic (exact) mass is 451 g/mol. The van der Waals surface area contributed by atoms with E-state index in [1.165, 1.54) is 5.56 Å². The number of hydrogen-bond donors (Lipinski definition) is 2. The van der Waals surface area contributed by atoms with E-state index in [0.29, 0.717) is 24.4 Å². The van der Waals surface area contributed by atoms with Gasteiger partial charge in [0.15, 0.2) is 0 Å². The molecule has 0 bridgehead atoms. The quantitative estimate of drug-likeness (QED) is 0.316. The Bertz CT molecular complexity index is 1170. The van der Waals surface area contributed by atoms with Crippen LogP contribution in [0.1, 0.15) is 54.1 Å². The lowest BCUT2D eigenvalue weighted by atomic mass is 10.0. The summed E-state index contributed by atoms with van der Waals surface area (Å²) < 4.78 is 27.0. The molecule has 0 atom stereocenters. The summed E-state index contributed by atoms with van der Waals surface area (Å²) >= 11 is 0. The van der Waals surface area contributed by atoms with Crippen molar-refractivity contribution in [3.63, 3.8) is 0 Å². The minimum atomic E-state index is -3.48. The van der Waals surface area contributed by atoms with E-state index >= 15 is 0 Å². The Morgan fingerprint density at radius 1 is 0.969 bits per heavy atom. The van der Waals surface area contributed by atoms with E-state index in [4.69, 9.17) is 0 Å². The van der Waals surface area contributed by atoms with Crippen molar-refractivity contribution < 1.29 is 18.3 Å². The van der Waals surface area contributed by atoms with Crippen molar-refractivity contribution in [3.8, 4) is 11.1 Å². The van der Waals surface area contributed by atoms with Gasteiger partial charge in [-0.05, 0) is 65.6 Å². The van der Waals surface area contributed by atoms with Crippen molar-refractivity contribution in [3.05, 3.63) is 89.5 Å². The van der Waals surface area contributed by atoms with E-state index in [9.17, 15) is 18.3 Å². The second kappa shape index (κ2) is 10.6. The van der Waals surface area contributed by atoms with Crippen LogP contribution in [-0.4, -0.2) is 26.0 Å². The normalized spacial score (nSPS) is 12.1. The van der Waals surface area contributed by atoms with E-state index in [1.54, 1.807) is 36.4 Å². The number of aromatic carboxylic acids is 1. The summed E-state index contributed by atoms with van der Waals surface area (Å²) in [4.78, 5) is 12.0. The topological polar surface area (TPSA) is 83.5 Å². The lowest BCUT2D eigenvalue weighted by molar-refractivity contribution is 0.0698. The smallest absolute Gasteiger partial charge is 0.336 e. The molecule has 0 saturated heterocycles. The number of carboxylic acid groups (broad SMARTS) is 1. The second-order valence-electron chi connectivity index (χ2n) is 8.05. The van der Waals surface area contributed by atoms with Gasteiger partial charge in [-0.3, -0.25) is 0 Å². The first-order valence-corrected chi connectivity index (χ1v) is 12.3. The first-order valence-electron chi connectivity index (χ1n) is 10.8. The van der Waals surface area contributed by atoms with Crippen LogP contribution in [0.25, 0.3) is 11.1 Å². The molecule has 1 aromatic rings. The third-order valence-corrected chi connectivity index (χ3v) is 6.91. The molecule has 0 radical (unpaired) electrons. The number of rotatable bonds is 10. The SMILES string of the molecule is CC(C)c1ccc2c(CC/C=C\CCNS(=O)(=O)c3ccccc3)cc(C(=O)O)c-2cc1. The summed E-state index contributed by atoms with van der Waals surface area (Å²) in [5.41, 5.74) is 4.25. The van der Waals surface area contributed by atoms with Gasteiger partial charge in [0.2, 0.25) is 10.0 Å². The molecule has 0 aromatic heterocycles. The van der Waals surface area contributed by atoms with Crippen LogP contribution in [0.5, 0.6) is 0 Å². The standard InChI is InChI=1S/C26H29NO4S/c1-19(2)20-13-15-23-21(18-25(26(28)29)24(23)16-14-20)10-6-3-4-9-17-27-32(30,31)22-11-7-5-8-12-22/h3-5,7-8,11-16,18-19,27H,6,9-10,17H2,1-2H3,(H,28,29)/b4-3-. The molecule has 32 heavy (non-hydrogen) atoms. The highest BCUT2D eigenvalue weighted by Gasteiger charge is 2.19. The summed E-state index contributed by atoms with van der Waals surface area (Å²) in [6.45, 7) is 4.55. The van der Waals surface area contributed by atoms with E-state index in [1.807, 2.05) is 30.4 Å². The number of hydrogen-bond acceptors (Lipinski definition) is 3. The fraction of sp³-hybridized carbons (Fsp3) is 0.269. The van der Waals surface area contributed by atoms with E-state index in [2.05, 4.69) is 24.6 Å². The van der Waals surface area contributed by atoms with E-state index in [0.717, 1.165) is 29.5 Å². The highest BCUT2D eigenvalue weighted by molar-refractivity contribution is 7.89. The number of allylic oxidation sites excluding steroid dienone is 1. The largest absolute Gasteiger partial charge is 0.478 e. The third-order valence-electron chi connectivity index (χ3n) is 5.43. The maximum Gasteiger partial charge on any atom is 0.336 e. The molecule has 0 unspecified atom stereocenters. The van der Waals surface area contributed by atoms with Gasteiger partial charge in [0, 0.05) is 6.54 Å². The van der Waals surface area contributed by atoms with Crippen molar-refractivity contribution in [1.82, 2.24) is 4.72 Å². The van der Waals surface area contributed by atoms with Crippen LogP contribution in [0.15, 0.2) is 77.7 Å². The summed E-state index contributed by atoms with van der Waals surface area (Å²) in [6, 6.07) is 18.1. The number of benzene rings is 1. The Hall–Kier alpha value is -2.96. The van der Waals surface area contributed by atoms with Crippen molar-refractivity contribution in [2.24, 2.45) is 0 Å². The van der Waals surface area contributed by atoms with Gasteiger partial charge in [0.25, 0.3) is 0 Å². The zero-order chi connectivity index (χ0) is 23.1. The molecule has 1 aromatic carbocycles. The molecule has 0 amide bonds. The second-order valence-corrected chi connectivity index (χ2v) is 9.81. The number of carboxylic acids is 1. The fourth-order valence-corrected chi connectivity index (χ4v) is 4.71. The molecule has 2 aliphatic rings. The summed E-state index contributed by atoms with van der Waals surface area (Å²) in [5.74, 6) is -0.551. The molecule has 2 aliphatic carbocycles. The highest BCUT2D eigenvalue weighted by Crippen LogP contribution is 2.34. The van der Waals surface area contributed by atoms with Crippen LogP contribution in [0.3, 0.4) is 0 Å². The maximum absolute atomic E-state index is 12.2. The Kier molecular flexibility index (Phi) is 7.83. The van der Waals surface area contributed by atoms with E-state index in [-0.39, 0.29) is 4.90 Å². The summed E-state index contributed by atoms with van der Waals surface area (Å²) in [5, 5.41) is 9.60. The van der Waals surface area contributed by atoms with Gasteiger partial charge in [0.05, 0.1) is 10.5 Å². The highest BCUT2D eigenvalue weighted by atomic mass is 32.2. The predicted octanol–water partition coefficient (Wildman–Crippen LogP) is 5.47. The Morgan fingerprint density at radius 3 is 2.28 bits per heavy atom. The molecule has 168 valence electrons. The zero-order valence-corrected chi connectivity index (χ0v) is 19.2. The number of carbonyl (C=O) groups is 1. The average Bonchev–Trinajstić information content (AvgIpc) is 2.96. The van der Waals surface area contributed by atoms with Gasteiger partial charge in [-0.2, -0.15) is 0 Å². The number of sulfonamides is 1. The molecule has 3 rings (SSSR count). The Morgan fingerprint density at radius 2 is 1.62 bits per heavy atom. The number of aryl methyl sites for hydroxylation is 1. The van der Waals surface area contributed by atoms with Crippen molar-refractivity contribution in [2.45, 2.75) is 43.9 Å². The van der Waals surface area contributed by atoms with Gasteiger partial charge in [0.1, 0.15) is 0 Å². The van der Waals surface area contributed by atoms with Crippen LogP contribution < -0.4 is 4.72 Å². The van der Waals surface area contributed by atoms with Crippen LogP contribution in [-0.2, 0) is 16.4 Å². The van der Waals surface area contributed by atoms with Crippen LogP contribution in [0.2, 0.25) is 0 Å². The van der Waals surface area contributed by atoms with Gasteiger partial charge < -0.3 is 5.11 Å². The average molecular weight is 452 g/mol. The lowest BCUT2D eigenvalue weighted by Gasteiger charge is -2.04.